The molecule has 1 N–H and O–H groups in total. The number of hydrogen-bond donors (Lipinski definition) is 1. The van der Waals surface area contributed by atoms with Crippen LogP contribution in [0.1, 0.15) is 29.8 Å². The van der Waals surface area contributed by atoms with Crippen LogP contribution in [0.3, 0.4) is 0 Å². The third kappa shape index (κ3) is 4.06. The van der Waals surface area contributed by atoms with Gasteiger partial charge in [0, 0.05) is 15.4 Å². The van der Waals surface area contributed by atoms with E-state index in [2.05, 4.69) is 51.7 Å². The van der Waals surface area contributed by atoms with E-state index < -0.39 is 0 Å². The van der Waals surface area contributed by atoms with Crippen molar-refractivity contribution in [2.75, 3.05) is 6.54 Å². The molecule has 1 unspecified atom stereocenters. The molecule has 1 nitrogen and oxygen atoms in total. The molecule has 1 aromatic carbocycles. The van der Waals surface area contributed by atoms with Crippen LogP contribution in [0, 0.1) is 0 Å². The second-order valence-corrected chi connectivity index (χ2v) is 6.64. The minimum Gasteiger partial charge on any atom is -0.309 e. The van der Waals surface area contributed by atoms with Crippen LogP contribution in [0.2, 0.25) is 5.02 Å². The molecule has 1 atom stereocenters. The first-order valence-electron chi connectivity index (χ1n) is 6.42. The van der Waals surface area contributed by atoms with Crippen molar-refractivity contribution >= 4 is 38.9 Å². The van der Waals surface area contributed by atoms with Gasteiger partial charge >= 0.3 is 0 Å². The molecule has 0 aliphatic carbocycles. The minimum atomic E-state index is 0.283. The Morgan fingerprint density at radius 2 is 2.11 bits per heavy atom. The fraction of sp³-hybridized carbons (Fsp3) is 0.333. The zero-order valence-electron chi connectivity index (χ0n) is 10.8. The third-order valence-electron chi connectivity index (χ3n) is 2.98. The molecule has 4 heteroatoms. The first-order chi connectivity index (χ1) is 9.22. The summed E-state index contributed by atoms with van der Waals surface area (Å²) in [5.74, 6) is 0. The van der Waals surface area contributed by atoms with Crippen LogP contribution in [0.5, 0.6) is 0 Å². The summed E-state index contributed by atoms with van der Waals surface area (Å²) in [5.41, 5.74) is 1.31. The van der Waals surface area contributed by atoms with Gasteiger partial charge < -0.3 is 5.32 Å². The summed E-state index contributed by atoms with van der Waals surface area (Å²) in [6.07, 6.45) is 2.07. The first kappa shape index (κ1) is 15.0. The van der Waals surface area contributed by atoms with Crippen LogP contribution < -0.4 is 5.32 Å². The van der Waals surface area contributed by atoms with E-state index in [4.69, 9.17) is 11.6 Å². The van der Waals surface area contributed by atoms with Gasteiger partial charge in [0.15, 0.2) is 0 Å². The van der Waals surface area contributed by atoms with Gasteiger partial charge in [0.05, 0.1) is 5.02 Å². The van der Waals surface area contributed by atoms with Gasteiger partial charge in [-0.2, -0.15) is 0 Å². The molecule has 0 radical (unpaired) electrons. The van der Waals surface area contributed by atoms with E-state index in [0.717, 1.165) is 28.9 Å². The Morgan fingerprint density at radius 1 is 1.32 bits per heavy atom. The van der Waals surface area contributed by atoms with E-state index in [1.165, 1.54) is 10.4 Å². The fourth-order valence-electron chi connectivity index (χ4n) is 2.01. The molecule has 2 rings (SSSR count). The Morgan fingerprint density at radius 3 is 2.74 bits per heavy atom. The highest BCUT2D eigenvalue weighted by molar-refractivity contribution is 9.10. The molecule has 1 heterocycles. The predicted molar refractivity (Wildman–Crippen MR) is 88.2 cm³/mol. The van der Waals surface area contributed by atoms with Crippen LogP contribution >= 0.6 is 38.9 Å². The normalized spacial score (nSPS) is 12.6. The van der Waals surface area contributed by atoms with Crippen LogP contribution in [-0.4, -0.2) is 6.54 Å². The van der Waals surface area contributed by atoms with Crippen LogP contribution in [0.15, 0.2) is 40.2 Å². The van der Waals surface area contributed by atoms with Crippen molar-refractivity contribution in [2.24, 2.45) is 0 Å². The Hall–Kier alpha value is -0.350. The van der Waals surface area contributed by atoms with E-state index in [1.54, 1.807) is 11.3 Å². The van der Waals surface area contributed by atoms with Crippen molar-refractivity contribution in [2.45, 2.75) is 25.8 Å². The summed E-state index contributed by atoms with van der Waals surface area (Å²) in [6, 6.07) is 10.6. The van der Waals surface area contributed by atoms with Crippen molar-refractivity contribution in [3.63, 3.8) is 0 Å². The molecular weight excluding hydrogens is 342 g/mol. The molecule has 0 bridgehead atoms. The Balaban J connectivity index is 2.19. The van der Waals surface area contributed by atoms with E-state index >= 15 is 0 Å². The van der Waals surface area contributed by atoms with Gasteiger partial charge in [-0.3, -0.25) is 0 Å². The lowest BCUT2D eigenvalue weighted by atomic mass is 10.0. The molecule has 19 heavy (non-hydrogen) atoms. The maximum atomic E-state index is 6.28. The molecule has 0 aliphatic rings. The number of rotatable bonds is 6. The minimum absolute atomic E-state index is 0.283. The lowest BCUT2D eigenvalue weighted by molar-refractivity contribution is 0.536. The van der Waals surface area contributed by atoms with Gasteiger partial charge in [0.1, 0.15) is 0 Å². The highest BCUT2D eigenvalue weighted by Crippen LogP contribution is 2.32. The molecule has 2 aromatic rings. The highest BCUT2D eigenvalue weighted by atomic mass is 79.9. The molecule has 0 fully saturated rings. The maximum absolute atomic E-state index is 6.28. The van der Waals surface area contributed by atoms with Crippen LogP contribution in [0.25, 0.3) is 0 Å². The smallest absolute Gasteiger partial charge is 0.0561 e. The third-order valence-corrected chi connectivity index (χ3v) is 5.23. The first-order valence-corrected chi connectivity index (χ1v) is 8.47. The van der Waals surface area contributed by atoms with Gasteiger partial charge in [0.2, 0.25) is 0 Å². The Bertz CT molecular complexity index is 526. The average Bonchev–Trinajstić information content (AvgIpc) is 2.83. The summed E-state index contributed by atoms with van der Waals surface area (Å²) in [6.45, 7) is 3.18. The van der Waals surface area contributed by atoms with Crippen LogP contribution in [-0.2, 0) is 6.42 Å². The van der Waals surface area contributed by atoms with Crippen molar-refractivity contribution in [1.82, 2.24) is 5.32 Å². The summed E-state index contributed by atoms with van der Waals surface area (Å²) in [7, 11) is 0. The Labute approximate surface area is 132 Å². The van der Waals surface area contributed by atoms with Gasteiger partial charge in [0.25, 0.3) is 0 Å². The SMILES string of the molecule is CCCNC(Cc1ccccc1Br)c1sccc1Cl. The molecule has 1 aromatic heterocycles. The van der Waals surface area contributed by atoms with Crippen molar-refractivity contribution in [1.29, 1.82) is 0 Å². The van der Waals surface area contributed by atoms with Crippen LogP contribution in [0.4, 0.5) is 0 Å². The monoisotopic (exact) mass is 357 g/mol. The summed E-state index contributed by atoms with van der Waals surface area (Å²) >= 11 is 11.6. The second kappa shape index (κ2) is 7.44. The summed E-state index contributed by atoms with van der Waals surface area (Å²) in [4.78, 5) is 1.23. The summed E-state index contributed by atoms with van der Waals surface area (Å²) < 4.78 is 1.16. The quantitative estimate of drug-likeness (QED) is 0.724. The van der Waals surface area contributed by atoms with Gasteiger partial charge in [-0.05, 0) is 42.5 Å². The number of thiophene rings is 1. The number of benzene rings is 1. The standard InChI is InChI=1S/C15H17BrClNS/c1-2-8-18-14(15-13(17)7-9-19-15)10-11-5-3-4-6-12(11)16/h3-7,9,14,18H,2,8,10H2,1H3. The molecule has 0 saturated carbocycles. The average molecular weight is 359 g/mol. The molecular formula is C15H17BrClNS. The number of hydrogen-bond acceptors (Lipinski definition) is 2. The van der Waals surface area contributed by atoms with Crippen molar-refractivity contribution in [3.8, 4) is 0 Å². The Kier molecular flexibility index (Phi) is 5.89. The van der Waals surface area contributed by atoms with E-state index in [1.807, 2.05) is 12.1 Å². The lowest BCUT2D eigenvalue weighted by Crippen LogP contribution is -2.23. The van der Waals surface area contributed by atoms with Gasteiger partial charge in [-0.15, -0.1) is 11.3 Å². The van der Waals surface area contributed by atoms with Crippen molar-refractivity contribution < 1.29 is 0 Å². The number of nitrogens with one attached hydrogen (secondary N) is 1. The maximum Gasteiger partial charge on any atom is 0.0561 e. The zero-order chi connectivity index (χ0) is 13.7. The molecule has 102 valence electrons. The molecule has 0 amide bonds. The molecule has 0 aliphatic heterocycles. The van der Waals surface area contributed by atoms with Gasteiger partial charge in [-0.1, -0.05) is 52.7 Å². The predicted octanol–water partition coefficient (Wildman–Crippen LogP) is 5.45. The van der Waals surface area contributed by atoms with Gasteiger partial charge in [-0.25, -0.2) is 0 Å². The largest absolute Gasteiger partial charge is 0.309 e. The fourth-order valence-corrected chi connectivity index (χ4v) is 3.73. The highest BCUT2D eigenvalue weighted by Gasteiger charge is 2.17. The zero-order valence-corrected chi connectivity index (χ0v) is 14.0. The van der Waals surface area contributed by atoms with E-state index in [-0.39, 0.29) is 6.04 Å². The van der Waals surface area contributed by atoms with Crippen molar-refractivity contribution in [3.05, 3.63) is 55.6 Å². The summed E-state index contributed by atoms with van der Waals surface area (Å²) in [5, 5.41) is 6.51. The second-order valence-electron chi connectivity index (χ2n) is 4.44. The number of halogens is 2. The topological polar surface area (TPSA) is 12.0 Å². The molecule has 0 spiro atoms. The lowest BCUT2D eigenvalue weighted by Gasteiger charge is -2.18. The van der Waals surface area contributed by atoms with E-state index in [0.29, 0.717) is 0 Å². The molecule has 0 saturated heterocycles. The van der Waals surface area contributed by atoms with E-state index in [9.17, 15) is 0 Å².